The predicted molar refractivity (Wildman–Crippen MR) is 91.5 cm³/mol. The lowest BCUT2D eigenvalue weighted by Crippen LogP contribution is -2.48. The van der Waals surface area contributed by atoms with E-state index in [2.05, 4.69) is 0 Å². The summed E-state index contributed by atoms with van der Waals surface area (Å²) in [5.41, 5.74) is -0.694. The molecule has 1 aliphatic carbocycles. The number of rotatable bonds is 4. The van der Waals surface area contributed by atoms with Crippen molar-refractivity contribution in [3.05, 3.63) is 34.9 Å². The van der Waals surface area contributed by atoms with Crippen LogP contribution in [0.5, 0.6) is 0 Å². The van der Waals surface area contributed by atoms with Gasteiger partial charge < -0.3 is 19.0 Å². The second kappa shape index (κ2) is 6.70. The first-order valence-corrected chi connectivity index (χ1v) is 12.2. The molecule has 1 heterocycles. The lowest BCUT2D eigenvalue weighted by atomic mass is 9.76. The van der Waals surface area contributed by atoms with E-state index in [9.17, 15) is 13.9 Å². The molecule has 0 unspecified atom stereocenters. The van der Waals surface area contributed by atoms with E-state index in [4.69, 9.17) is 13.9 Å². The lowest BCUT2D eigenvalue weighted by Gasteiger charge is -2.46. The van der Waals surface area contributed by atoms with E-state index in [1.165, 1.54) is 6.07 Å². The molecule has 2 aliphatic rings. The van der Waals surface area contributed by atoms with E-state index >= 15 is 0 Å². The summed E-state index contributed by atoms with van der Waals surface area (Å²) in [5.74, 6) is -1.74. The monoisotopic (exact) mass is 372 g/mol. The normalized spacial score (nSPS) is 22.5. The van der Waals surface area contributed by atoms with Gasteiger partial charge in [-0.2, -0.15) is 0 Å². The Kier molecular flexibility index (Phi) is 5.07. The minimum atomic E-state index is -2.03. The Morgan fingerprint density at radius 3 is 2.16 bits per heavy atom. The zero-order valence-electron chi connectivity index (χ0n) is 15.0. The van der Waals surface area contributed by atoms with E-state index in [-0.39, 0.29) is 11.1 Å². The third-order valence-electron chi connectivity index (χ3n) is 4.93. The van der Waals surface area contributed by atoms with Gasteiger partial charge in [0.15, 0.2) is 14.1 Å². The van der Waals surface area contributed by atoms with Crippen LogP contribution in [0.1, 0.15) is 36.8 Å². The Morgan fingerprint density at radius 1 is 1.04 bits per heavy atom. The minimum Gasteiger partial charge on any atom is -0.408 e. The molecule has 1 saturated heterocycles. The van der Waals surface area contributed by atoms with Crippen LogP contribution >= 0.6 is 0 Å². The molecular formula is C18H26F2O4Si. The number of halogens is 2. The van der Waals surface area contributed by atoms with Gasteiger partial charge in [0.1, 0.15) is 11.6 Å². The van der Waals surface area contributed by atoms with Crippen LogP contribution in [0.4, 0.5) is 8.78 Å². The van der Waals surface area contributed by atoms with Gasteiger partial charge in [0.2, 0.25) is 0 Å². The minimum absolute atomic E-state index is 0.0425. The van der Waals surface area contributed by atoms with Gasteiger partial charge in [-0.1, -0.05) is 0 Å². The molecule has 25 heavy (non-hydrogen) atoms. The zero-order valence-corrected chi connectivity index (χ0v) is 16.0. The molecule has 0 radical (unpaired) electrons. The van der Waals surface area contributed by atoms with Crippen LogP contribution in [0.25, 0.3) is 0 Å². The second-order valence-corrected chi connectivity index (χ2v) is 12.3. The first-order chi connectivity index (χ1) is 11.7. The Hall–Kier alpha value is -0.863. The molecule has 1 spiro atoms. The number of hydrogen-bond donors (Lipinski definition) is 1. The van der Waals surface area contributed by atoms with E-state index < -0.39 is 37.9 Å². The summed E-state index contributed by atoms with van der Waals surface area (Å²) in [7, 11) is -2.03. The van der Waals surface area contributed by atoms with Crippen molar-refractivity contribution < 1.29 is 27.8 Å². The maximum atomic E-state index is 14.8. The average Bonchev–Trinajstić information content (AvgIpc) is 2.99. The topological polar surface area (TPSA) is 47.9 Å². The smallest absolute Gasteiger partial charge is 0.184 e. The number of benzene rings is 1. The Balaban J connectivity index is 1.97. The van der Waals surface area contributed by atoms with Crippen LogP contribution in [0.15, 0.2) is 12.1 Å². The van der Waals surface area contributed by atoms with Gasteiger partial charge in [-0.3, -0.25) is 0 Å². The van der Waals surface area contributed by atoms with E-state index in [1.54, 1.807) is 0 Å². The number of aliphatic hydroxyl groups excluding tert-OH is 1. The van der Waals surface area contributed by atoms with Gasteiger partial charge in [0.25, 0.3) is 0 Å². The molecular weight excluding hydrogens is 346 g/mol. The van der Waals surface area contributed by atoms with Gasteiger partial charge in [-0.05, 0) is 44.6 Å². The highest BCUT2D eigenvalue weighted by Gasteiger charge is 2.50. The molecule has 1 N–H and O–H groups in total. The second-order valence-electron chi connectivity index (χ2n) is 7.90. The van der Waals surface area contributed by atoms with E-state index in [0.717, 1.165) is 6.07 Å². The van der Waals surface area contributed by atoms with Crippen molar-refractivity contribution >= 4 is 8.32 Å². The van der Waals surface area contributed by atoms with Crippen LogP contribution < -0.4 is 0 Å². The van der Waals surface area contributed by atoms with Crippen molar-refractivity contribution in [2.75, 3.05) is 13.2 Å². The third-order valence-corrected chi connectivity index (χ3v) is 5.93. The van der Waals surface area contributed by atoms with Crippen molar-refractivity contribution in [2.45, 2.75) is 63.3 Å². The summed E-state index contributed by atoms with van der Waals surface area (Å²) in [4.78, 5) is 0. The van der Waals surface area contributed by atoms with Crippen molar-refractivity contribution in [2.24, 2.45) is 0 Å². The molecule has 0 atom stereocenters. The van der Waals surface area contributed by atoms with Gasteiger partial charge in [0, 0.05) is 24.0 Å². The fraction of sp³-hybridized carbons (Fsp3) is 0.667. The summed E-state index contributed by atoms with van der Waals surface area (Å²) < 4.78 is 47.0. The zero-order chi connectivity index (χ0) is 18.3. The van der Waals surface area contributed by atoms with E-state index in [1.807, 2.05) is 19.6 Å². The van der Waals surface area contributed by atoms with Crippen LogP contribution in [-0.4, -0.2) is 32.4 Å². The quantitative estimate of drug-likeness (QED) is 0.817. The molecule has 4 nitrogen and oxygen atoms in total. The fourth-order valence-corrected chi connectivity index (χ4v) is 5.38. The standard InChI is InChI=1S/C18H26F2O4Si/c1-25(2,3)24-17(4-6-18(7-5-17)22-8-9-23-18)14-11-15(19)13(12-21)10-16(14)20/h10-11,21H,4-9,12H2,1-3H3. The average molecular weight is 372 g/mol. The third kappa shape index (κ3) is 3.80. The molecule has 1 saturated carbocycles. The SMILES string of the molecule is C[Si](C)(C)OC1(c2cc(F)c(CO)cc2F)CCC2(CC1)OCCO2. The lowest BCUT2D eigenvalue weighted by molar-refractivity contribution is -0.201. The number of hydrogen-bond acceptors (Lipinski definition) is 4. The molecule has 0 aromatic heterocycles. The molecule has 1 aromatic rings. The Bertz CT molecular complexity index is 629. The predicted octanol–water partition coefficient (Wildman–Crippen LogP) is 3.82. The highest BCUT2D eigenvalue weighted by atomic mass is 28.4. The fourth-order valence-electron chi connectivity index (χ4n) is 3.89. The Morgan fingerprint density at radius 2 is 1.64 bits per heavy atom. The highest BCUT2D eigenvalue weighted by Crippen LogP contribution is 2.49. The molecule has 1 aromatic carbocycles. The molecule has 7 heteroatoms. The molecule has 0 bridgehead atoms. The first kappa shape index (κ1) is 18.9. The van der Waals surface area contributed by atoms with Crippen molar-refractivity contribution in [3.8, 4) is 0 Å². The van der Waals surface area contributed by atoms with Crippen molar-refractivity contribution in [1.82, 2.24) is 0 Å². The van der Waals surface area contributed by atoms with Gasteiger partial charge in [-0.15, -0.1) is 0 Å². The summed E-state index contributed by atoms with van der Waals surface area (Å²) in [6.45, 7) is 6.72. The molecule has 3 rings (SSSR count). The summed E-state index contributed by atoms with van der Waals surface area (Å²) in [6, 6.07) is 2.27. The summed E-state index contributed by atoms with van der Waals surface area (Å²) in [6.07, 6.45) is 2.18. The first-order valence-electron chi connectivity index (χ1n) is 8.76. The van der Waals surface area contributed by atoms with Crippen LogP contribution in [-0.2, 0) is 26.1 Å². The van der Waals surface area contributed by atoms with Gasteiger partial charge in [0.05, 0.1) is 25.4 Å². The number of ether oxygens (including phenoxy) is 2. The van der Waals surface area contributed by atoms with Gasteiger partial charge >= 0.3 is 0 Å². The van der Waals surface area contributed by atoms with E-state index in [0.29, 0.717) is 38.9 Å². The maximum absolute atomic E-state index is 14.8. The molecule has 1 aliphatic heterocycles. The molecule has 0 amide bonds. The largest absolute Gasteiger partial charge is 0.408 e. The van der Waals surface area contributed by atoms with Gasteiger partial charge in [-0.25, -0.2) is 8.78 Å². The van der Waals surface area contributed by atoms with Crippen LogP contribution in [0.3, 0.4) is 0 Å². The van der Waals surface area contributed by atoms with Crippen LogP contribution in [0, 0.1) is 11.6 Å². The maximum Gasteiger partial charge on any atom is 0.184 e. The summed E-state index contributed by atoms with van der Waals surface area (Å²) >= 11 is 0. The summed E-state index contributed by atoms with van der Waals surface area (Å²) in [5, 5.41) is 9.17. The molecule has 2 fully saturated rings. The number of aliphatic hydroxyl groups is 1. The highest BCUT2D eigenvalue weighted by molar-refractivity contribution is 6.69. The van der Waals surface area contributed by atoms with Crippen LogP contribution in [0.2, 0.25) is 19.6 Å². The molecule has 140 valence electrons. The van der Waals surface area contributed by atoms with Crippen molar-refractivity contribution in [3.63, 3.8) is 0 Å². The van der Waals surface area contributed by atoms with Crippen molar-refractivity contribution in [1.29, 1.82) is 0 Å². The Labute approximate surface area is 148 Å².